The van der Waals surface area contributed by atoms with Crippen LogP contribution in [0.15, 0.2) is 18.7 Å². The second-order valence-corrected chi connectivity index (χ2v) is 9.76. The maximum absolute atomic E-state index is 9.10. The van der Waals surface area contributed by atoms with Crippen molar-refractivity contribution in [2.75, 3.05) is 12.4 Å². The third kappa shape index (κ3) is 15.3. The van der Waals surface area contributed by atoms with Gasteiger partial charge < -0.3 is 19.5 Å². The average molecular weight is 471 g/mol. The number of hydrogen-bond acceptors (Lipinski definition) is 5. The number of nitrogens with zero attached hydrogens (tertiary/aromatic N) is 2. The summed E-state index contributed by atoms with van der Waals surface area (Å²) >= 11 is 2.15. The number of carboxylic acids is 2. The van der Waals surface area contributed by atoms with Crippen molar-refractivity contribution in [1.82, 2.24) is 9.55 Å². The minimum absolute atomic E-state index is 0.320. The minimum Gasteiger partial charge on any atom is -0.473 e. The van der Waals surface area contributed by atoms with E-state index < -0.39 is 11.9 Å². The molecule has 0 spiro atoms. The van der Waals surface area contributed by atoms with Crippen LogP contribution in [0.4, 0.5) is 0 Å². The van der Waals surface area contributed by atoms with Crippen molar-refractivity contribution < 1.29 is 24.5 Å². The third-order valence-corrected chi connectivity index (χ3v) is 7.09. The molecule has 1 fully saturated rings. The summed E-state index contributed by atoms with van der Waals surface area (Å²) in [6.07, 6.45) is 24.1. The largest absolute Gasteiger partial charge is 0.473 e. The normalized spacial score (nSPS) is 15.0. The fraction of sp³-hybridized carbons (Fsp3) is 0.792. The summed E-state index contributed by atoms with van der Waals surface area (Å²) in [5.41, 5.74) is 0. The second-order valence-electron chi connectivity index (χ2n) is 8.43. The summed E-state index contributed by atoms with van der Waals surface area (Å²) in [7, 11) is 0. The summed E-state index contributed by atoms with van der Waals surface area (Å²) in [4.78, 5) is 22.4. The predicted molar refractivity (Wildman–Crippen MR) is 129 cm³/mol. The molecule has 1 atom stereocenters. The number of aliphatic carboxylic acids is 2. The van der Waals surface area contributed by atoms with Gasteiger partial charge in [-0.05, 0) is 19.3 Å². The molecule has 1 aliphatic rings. The van der Waals surface area contributed by atoms with Crippen molar-refractivity contribution in [2.24, 2.45) is 0 Å². The van der Waals surface area contributed by atoms with Crippen molar-refractivity contribution >= 4 is 23.7 Å². The second kappa shape index (κ2) is 19.0. The van der Waals surface area contributed by atoms with Crippen molar-refractivity contribution in [1.29, 1.82) is 0 Å². The number of thioether (sulfide) groups is 1. The monoisotopic (exact) mass is 470 g/mol. The van der Waals surface area contributed by atoms with Crippen molar-refractivity contribution in [3.8, 4) is 0 Å². The first-order valence-corrected chi connectivity index (χ1v) is 13.2. The van der Waals surface area contributed by atoms with E-state index >= 15 is 0 Å². The van der Waals surface area contributed by atoms with Gasteiger partial charge in [0.25, 0.3) is 0 Å². The molecule has 7 nitrogen and oxygen atoms in total. The topological polar surface area (TPSA) is 102 Å². The Morgan fingerprint density at radius 2 is 1.66 bits per heavy atom. The van der Waals surface area contributed by atoms with Crippen LogP contribution >= 0.6 is 11.8 Å². The Balaban J connectivity index is 0.000000751. The molecule has 0 aliphatic heterocycles. The first-order valence-electron chi connectivity index (χ1n) is 12.2. The molecule has 1 saturated carbocycles. The van der Waals surface area contributed by atoms with E-state index in [-0.39, 0.29) is 0 Å². The van der Waals surface area contributed by atoms with Gasteiger partial charge in [-0.1, -0.05) is 71.1 Å². The van der Waals surface area contributed by atoms with Gasteiger partial charge in [0, 0.05) is 30.0 Å². The van der Waals surface area contributed by atoms with E-state index in [9.17, 15) is 0 Å². The molecule has 1 unspecified atom stereocenters. The summed E-state index contributed by atoms with van der Waals surface area (Å²) in [5.74, 6) is -2.52. The highest BCUT2D eigenvalue weighted by Crippen LogP contribution is 2.29. The molecular formula is C24H42N2O5S. The van der Waals surface area contributed by atoms with Crippen LogP contribution in [0, 0.1) is 0 Å². The first kappa shape index (κ1) is 28.5. The molecule has 1 aromatic heterocycles. The quantitative estimate of drug-likeness (QED) is 0.253. The van der Waals surface area contributed by atoms with Crippen LogP contribution < -0.4 is 0 Å². The molecule has 8 heteroatoms. The number of rotatable bonds is 15. The lowest BCUT2D eigenvalue weighted by Gasteiger charge is -2.24. The SMILES string of the molecule is CCCCCCCCCCOC(CSC1CCCCC1)Cn1ccnc1.O=C(O)C(=O)O. The number of hydrogen-bond donors (Lipinski definition) is 2. The highest BCUT2D eigenvalue weighted by Gasteiger charge is 2.17. The van der Waals surface area contributed by atoms with Crippen LogP contribution in [0.2, 0.25) is 0 Å². The zero-order valence-electron chi connectivity index (χ0n) is 19.6. The van der Waals surface area contributed by atoms with Crippen LogP contribution in [-0.2, 0) is 20.9 Å². The first-order chi connectivity index (χ1) is 15.5. The molecule has 2 rings (SSSR count). The highest BCUT2D eigenvalue weighted by molar-refractivity contribution is 7.99. The highest BCUT2D eigenvalue weighted by atomic mass is 32.2. The van der Waals surface area contributed by atoms with E-state index in [1.807, 2.05) is 12.5 Å². The van der Waals surface area contributed by atoms with Gasteiger partial charge in [-0.3, -0.25) is 0 Å². The van der Waals surface area contributed by atoms with Crippen molar-refractivity contribution in [2.45, 2.75) is 108 Å². The minimum atomic E-state index is -1.82. The van der Waals surface area contributed by atoms with Crippen LogP contribution in [0.5, 0.6) is 0 Å². The van der Waals surface area contributed by atoms with E-state index in [2.05, 4.69) is 34.4 Å². The number of aromatic nitrogens is 2. The van der Waals surface area contributed by atoms with Gasteiger partial charge in [0.05, 0.1) is 19.0 Å². The van der Waals surface area contributed by atoms with Crippen molar-refractivity contribution in [3.63, 3.8) is 0 Å². The maximum Gasteiger partial charge on any atom is 0.414 e. The number of carbonyl (C=O) groups is 2. The number of imidazole rings is 1. The van der Waals surface area contributed by atoms with Crippen LogP contribution in [0.25, 0.3) is 0 Å². The fourth-order valence-corrected chi connectivity index (χ4v) is 5.10. The van der Waals surface area contributed by atoms with E-state index in [1.54, 1.807) is 0 Å². The van der Waals surface area contributed by atoms with Gasteiger partial charge in [-0.2, -0.15) is 11.8 Å². The van der Waals surface area contributed by atoms with Gasteiger partial charge in [-0.25, -0.2) is 14.6 Å². The predicted octanol–water partition coefficient (Wildman–Crippen LogP) is 5.63. The van der Waals surface area contributed by atoms with E-state index in [1.165, 1.54) is 83.5 Å². The number of ether oxygens (including phenoxy) is 1. The van der Waals surface area contributed by atoms with E-state index in [4.69, 9.17) is 24.5 Å². The van der Waals surface area contributed by atoms with Crippen LogP contribution in [0.3, 0.4) is 0 Å². The average Bonchev–Trinajstić information content (AvgIpc) is 3.30. The van der Waals surface area contributed by atoms with Gasteiger partial charge in [0.2, 0.25) is 0 Å². The van der Waals surface area contributed by atoms with E-state index in [0.29, 0.717) is 6.10 Å². The Kier molecular flexibility index (Phi) is 16.9. The standard InChI is InChI=1S/C22H40N2OS.C2H2O4/c1-2-3-4-5-6-7-8-12-17-25-21(18-24-16-15-23-20-24)19-26-22-13-10-9-11-14-22;3-1(4)2(5)6/h15-16,20-22H,2-14,17-19H2,1H3;(H,3,4)(H,5,6). The lowest BCUT2D eigenvalue weighted by Crippen LogP contribution is -2.24. The zero-order valence-corrected chi connectivity index (χ0v) is 20.4. The third-order valence-electron chi connectivity index (χ3n) is 5.58. The van der Waals surface area contributed by atoms with Crippen LogP contribution in [-0.4, -0.2) is 55.4 Å². The molecule has 32 heavy (non-hydrogen) atoms. The lowest BCUT2D eigenvalue weighted by atomic mass is 10.0. The molecule has 0 aromatic carbocycles. The molecule has 0 saturated heterocycles. The molecule has 0 bridgehead atoms. The Morgan fingerprint density at radius 1 is 1.03 bits per heavy atom. The van der Waals surface area contributed by atoms with Gasteiger partial charge >= 0.3 is 11.9 Å². The number of unbranched alkanes of at least 4 members (excludes halogenated alkanes) is 7. The molecule has 1 heterocycles. The molecule has 184 valence electrons. The lowest BCUT2D eigenvalue weighted by molar-refractivity contribution is -0.159. The molecule has 2 N–H and O–H groups in total. The van der Waals surface area contributed by atoms with Gasteiger partial charge in [0.15, 0.2) is 0 Å². The Morgan fingerprint density at radius 3 is 2.22 bits per heavy atom. The summed E-state index contributed by atoms with van der Waals surface area (Å²) in [5, 5.41) is 15.6. The molecule has 1 aromatic rings. The Labute approximate surface area is 197 Å². The smallest absolute Gasteiger partial charge is 0.414 e. The Bertz CT molecular complexity index is 579. The molecular weight excluding hydrogens is 428 g/mol. The molecule has 1 aliphatic carbocycles. The summed E-state index contributed by atoms with van der Waals surface area (Å²) in [6, 6.07) is 0. The van der Waals surface area contributed by atoms with E-state index in [0.717, 1.165) is 24.2 Å². The van der Waals surface area contributed by atoms with Crippen LogP contribution in [0.1, 0.15) is 90.4 Å². The zero-order chi connectivity index (χ0) is 23.4. The Hall–Kier alpha value is -1.54. The molecule has 0 radical (unpaired) electrons. The fourth-order valence-electron chi connectivity index (χ4n) is 3.74. The van der Waals surface area contributed by atoms with Gasteiger partial charge in [-0.15, -0.1) is 0 Å². The number of carboxylic acid groups (broad SMARTS) is 2. The summed E-state index contributed by atoms with van der Waals surface area (Å²) < 4.78 is 8.45. The van der Waals surface area contributed by atoms with Crippen molar-refractivity contribution in [3.05, 3.63) is 18.7 Å². The molecule has 0 amide bonds. The van der Waals surface area contributed by atoms with Gasteiger partial charge in [0.1, 0.15) is 0 Å². The maximum atomic E-state index is 9.10. The summed E-state index contributed by atoms with van der Waals surface area (Å²) in [6.45, 7) is 4.14.